The van der Waals surface area contributed by atoms with Gasteiger partial charge in [0.25, 0.3) is 0 Å². The average Bonchev–Trinajstić information content (AvgIpc) is 2.84. The lowest BCUT2D eigenvalue weighted by Crippen LogP contribution is -2.49. The number of anilines is 1. The van der Waals surface area contributed by atoms with Crippen molar-refractivity contribution in [3.8, 4) is 5.75 Å². The van der Waals surface area contributed by atoms with E-state index in [0.29, 0.717) is 24.5 Å². The van der Waals surface area contributed by atoms with Gasteiger partial charge in [-0.05, 0) is 56.3 Å². The van der Waals surface area contributed by atoms with Crippen LogP contribution in [0.15, 0.2) is 69.4 Å². The van der Waals surface area contributed by atoms with Crippen molar-refractivity contribution >= 4 is 25.8 Å². The highest BCUT2D eigenvalue weighted by atomic mass is 32.2. The fraction of sp³-hybridized carbons (Fsp3) is 0.304. The molecule has 9 nitrogen and oxygen atoms in total. The van der Waals surface area contributed by atoms with Gasteiger partial charge in [0.15, 0.2) is 5.03 Å². The van der Waals surface area contributed by atoms with Crippen molar-refractivity contribution in [3.05, 3.63) is 65.9 Å². The molecule has 2 heterocycles. The molecule has 0 amide bonds. The third kappa shape index (κ3) is 4.77. The topological polar surface area (TPSA) is 110 Å². The molecule has 0 aliphatic carbocycles. The van der Waals surface area contributed by atoms with Gasteiger partial charge in [0.05, 0.1) is 16.9 Å². The van der Waals surface area contributed by atoms with Crippen LogP contribution in [-0.2, 0) is 19.9 Å². The van der Waals surface area contributed by atoms with Crippen molar-refractivity contribution in [2.24, 2.45) is 0 Å². The number of benzene rings is 2. The van der Waals surface area contributed by atoms with E-state index in [2.05, 4.69) is 9.97 Å². The molecule has 0 atom stereocenters. The first kappa shape index (κ1) is 24.1. The van der Waals surface area contributed by atoms with Crippen LogP contribution in [0.4, 0.5) is 5.95 Å². The normalized spacial score (nSPS) is 15.3. The van der Waals surface area contributed by atoms with Crippen molar-refractivity contribution in [2.75, 3.05) is 38.2 Å². The molecule has 1 aromatic heterocycles. The summed E-state index contributed by atoms with van der Waals surface area (Å²) in [6, 6.07) is 14.3. The Balaban J connectivity index is 1.53. The molecule has 1 saturated heterocycles. The Hall–Kier alpha value is -3.02. The van der Waals surface area contributed by atoms with Crippen LogP contribution >= 0.6 is 0 Å². The molecule has 1 fully saturated rings. The third-order valence-corrected chi connectivity index (χ3v) is 9.21. The fourth-order valence-electron chi connectivity index (χ4n) is 3.67. The SMILES string of the molecule is COc1ccc(S(=O)(=O)N2CCN(c3nc(C)cc(S(=O)(=O)c4ccc(C)cc4)n3)CC2)cc1. The summed E-state index contributed by atoms with van der Waals surface area (Å²) < 4.78 is 58.7. The van der Waals surface area contributed by atoms with E-state index in [1.54, 1.807) is 48.2 Å². The number of nitrogens with zero attached hydrogens (tertiary/aromatic N) is 4. The van der Waals surface area contributed by atoms with Gasteiger partial charge in [-0.1, -0.05) is 17.7 Å². The molecular formula is C23H26N4O5S2. The monoisotopic (exact) mass is 502 g/mol. The van der Waals surface area contributed by atoms with Crippen LogP contribution in [0.2, 0.25) is 0 Å². The van der Waals surface area contributed by atoms with Crippen molar-refractivity contribution < 1.29 is 21.6 Å². The van der Waals surface area contributed by atoms with E-state index in [1.807, 2.05) is 6.92 Å². The van der Waals surface area contributed by atoms with E-state index in [1.165, 1.54) is 29.6 Å². The van der Waals surface area contributed by atoms with Gasteiger partial charge in [0.2, 0.25) is 25.8 Å². The van der Waals surface area contributed by atoms with Crippen LogP contribution in [0.1, 0.15) is 11.3 Å². The minimum absolute atomic E-state index is 0.0767. The number of ether oxygens (including phenoxy) is 1. The third-order valence-electron chi connectivity index (χ3n) is 5.64. The van der Waals surface area contributed by atoms with Crippen LogP contribution in [0.5, 0.6) is 5.75 Å². The molecule has 0 bridgehead atoms. The van der Waals surface area contributed by atoms with Gasteiger partial charge in [-0.3, -0.25) is 0 Å². The number of hydrogen-bond donors (Lipinski definition) is 0. The van der Waals surface area contributed by atoms with E-state index < -0.39 is 19.9 Å². The largest absolute Gasteiger partial charge is 0.497 e. The van der Waals surface area contributed by atoms with Crippen LogP contribution in [-0.4, -0.2) is 64.4 Å². The number of aromatic nitrogens is 2. The van der Waals surface area contributed by atoms with Gasteiger partial charge in [0.1, 0.15) is 5.75 Å². The Morgan fingerprint density at radius 2 is 1.38 bits per heavy atom. The smallest absolute Gasteiger partial charge is 0.243 e. The summed E-state index contributed by atoms with van der Waals surface area (Å²) in [7, 11) is -5.95. The second kappa shape index (κ2) is 9.32. The van der Waals surface area contributed by atoms with Crippen molar-refractivity contribution in [2.45, 2.75) is 28.7 Å². The predicted molar refractivity (Wildman–Crippen MR) is 127 cm³/mol. The Bertz CT molecular complexity index is 1380. The summed E-state index contributed by atoms with van der Waals surface area (Å²) in [6.07, 6.45) is 0. The lowest BCUT2D eigenvalue weighted by atomic mass is 10.2. The van der Waals surface area contributed by atoms with Gasteiger partial charge >= 0.3 is 0 Å². The zero-order chi connectivity index (χ0) is 24.5. The summed E-state index contributed by atoms with van der Waals surface area (Å²) in [4.78, 5) is 10.9. The number of sulfone groups is 1. The second-order valence-electron chi connectivity index (χ2n) is 8.03. The Kier molecular flexibility index (Phi) is 6.61. The van der Waals surface area contributed by atoms with Crippen LogP contribution < -0.4 is 9.64 Å². The molecule has 4 rings (SSSR count). The Labute approximate surface area is 200 Å². The lowest BCUT2D eigenvalue weighted by Gasteiger charge is -2.34. The second-order valence-corrected chi connectivity index (χ2v) is 11.9. The lowest BCUT2D eigenvalue weighted by molar-refractivity contribution is 0.382. The van der Waals surface area contributed by atoms with Gasteiger partial charge in [0, 0.05) is 31.9 Å². The molecule has 2 aromatic carbocycles. The van der Waals surface area contributed by atoms with E-state index in [-0.39, 0.29) is 33.9 Å². The fourth-order valence-corrected chi connectivity index (χ4v) is 6.35. The van der Waals surface area contributed by atoms with Crippen molar-refractivity contribution in [1.82, 2.24) is 14.3 Å². The van der Waals surface area contributed by atoms with Gasteiger partial charge in [-0.2, -0.15) is 4.31 Å². The first-order valence-electron chi connectivity index (χ1n) is 10.7. The highest BCUT2D eigenvalue weighted by Crippen LogP contribution is 2.24. The Morgan fingerprint density at radius 1 is 0.794 bits per heavy atom. The quantitative estimate of drug-likeness (QED) is 0.473. The maximum Gasteiger partial charge on any atom is 0.243 e. The molecule has 0 saturated carbocycles. The summed E-state index contributed by atoms with van der Waals surface area (Å²) in [5.74, 6) is 0.851. The van der Waals surface area contributed by atoms with Crippen LogP contribution in [0.3, 0.4) is 0 Å². The molecule has 1 aliphatic rings. The predicted octanol–water partition coefficient (Wildman–Crippen LogP) is 2.45. The molecule has 11 heteroatoms. The number of sulfonamides is 1. The van der Waals surface area contributed by atoms with E-state index in [4.69, 9.17) is 4.74 Å². The summed E-state index contributed by atoms with van der Waals surface area (Å²) >= 11 is 0. The zero-order valence-corrected chi connectivity index (χ0v) is 20.8. The standard InChI is InChI=1S/C23H26N4O5S2/c1-17-4-8-20(9-5-17)33(28,29)22-16-18(2)24-23(25-22)26-12-14-27(15-13-26)34(30,31)21-10-6-19(32-3)7-11-21/h4-11,16H,12-15H2,1-3H3. The van der Waals surface area contributed by atoms with Gasteiger partial charge in [-0.25, -0.2) is 26.8 Å². The minimum atomic E-state index is -3.81. The number of piperazine rings is 1. The Morgan fingerprint density at radius 3 is 1.97 bits per heavy atom. The highest BCUT2D eigenvalue weighted by Gasteiger charge is 2.30. The van der Waals surface area contributed by atoms with Crippen molar-refractivity contribution in [3.63, 3.8) is 0 Å². The van der Waals surface area contributed by atoms with Gasteiger partial charge < -0.3 is 9.64 Å². The highest BCUT2D eigenvalue weighted by molar-refractivity contribution is 7.91. The van der Waals surface area contributed by atoms with Crippen molar-refractivity contribution in [1.29, 1.82) is 0 Å². The molecule has 0 unspecified atom stereocenters. The average molecular weight is 503 g/mol. The molecule has 1 aliphatic heterocycles. The van der Waals surface area contributed by atoms with E-state index in [0.717, 1.165) is 5.56 Å². The first-order chi connectivity index (χ1) is 16.1. The summed E-state index contributed by atoms with van der Waals surface area (Å²) in [5, 5.41) is -0.0767. The summed E-state index contributed by atoms with van der Waals surface area (Å²) in [5.41, 5.74) is 1.48. The van der Waals surface area contributed by atoms with Crippen LogP contribution in [0, 0.1) is 13.8 Å². The molecule has 0 spiro atoms. The van der Waals surface area contributed by atoms with Crippen LogP contribution in [0.25, 0.3) is 0 Å². The molecule has 34 heavy (non-hydrogen) atoms. The molecule has 0 N–H and O–H groups in total. The van der Waals surface area contributed by atoms with Gasteiger partial charge in [-0.15, -0.1) is 0 Å². The molecular weight excluding hydrogens is 476 g/mol. The van der Waals surface area contributed by atoms with E-state index in [9.17, 15) is 16.8 Å². The molecule has 3 aromatic rings. The maximum atomic E-state index is 13.1. The number of aryl methyl sites for hydroxylation is 2. The summed E-state index contributed by atoms with van der Waals surface area (Å²) in [6.45, 7) is 4.73. The molecule has 180 valence electrons. The maximum absolute atomic E-state index is 13.1. The minimum Gasteiger partial charge on any atom is -0.497 e. The number of rotatable bonds is 6. The number of hydrogen-bond acceptors (Lipinski definition) is 8. The zero-order valence-electron chi connectivity index (χ0n) is 19.2. The first-order valence-corrected chi connectivity index (χ1v) is 13.6. The van der Waals surface area contributed by atoms with E-state index >= 15 is 0 Å². The number of methoxy groups -OCH3 is 1. The molecule has 0 radical (unpaired) electrons.